The van der Waals surface area contributed by atoms with Gasteiger partial charge in [-0.2, -0.15) is 0 Å². The van der Waals surface area contributed by atoms with E-state index in [4.69, 9.17) is 5.73 Å². The van der Waals surface area contributed by atoms with Crippen LogP contribution in [0.5, 0.6) is 0 Å². The number of carbonyl (C=O) groups excluding carboxylic acids is 2. The van der Waals surface area contributed by atoms with Crippen molar-refractivity contribution < 1.29 is 9.59 Å². The summed E-state index contributed by atoms with van der Waals surface area (Å²) in [6.45, 7) is 2.19. The molecule has 7 nitrogen and oxygen atoms in total. The zero-order valence-corrected chi connectivity index (χ0v) is 20.2. The minimum Gasteiger partial charge on any atom is -0.365 e. The number of nitrogens with one attached hydrogen (secondary N) is 2. The number of hydrogen-bond acceptors (Lipinski definition) is 7. The number of H-pyrrole nitrogens is 1. The molecule has 168 valence electrons. The molecule has 0 aromatic carbocycles. The highest BCUT2D eigenvalue weighted by Crippen LogP contribution is 2.39. The number of aromatic amines is 1. The molecule has 2 amide bonds. The number of hydrogen-bond donors (Lipinski definition) is 3. The molecule has 0 aliphatic heterocycles. The third kappa shape index (κ3) is 3.99. The van der Waals surface area contributed by atoms with E-state index in [1.165, 1.54) is 28.0 Å². The first-order valence-corrected chi connectivity index (χ1v) is 13.4. The SMILES string of the molecule is CC1CCc2c(sc(NC(=O)CSc3nc4sc5c(c4c(=O)[nH]3)CCCC5)c2C(N)=O)C1. The lowest BCUT2D eigenvalue weighted by Crippen LogP contribution is -2.20. The van der Waals surface area contributed by atoms with Gasteiger partial charge in [0.05, 0.1) is 16.7 Å². The van der Waals surface area contributed by atoms with Crippen molar-refractivity contribution in [2.75, 3.05) is 11.1 Å². The van der Waals surface area contributed by atoms with Gasteiger partial charge < -0.3 is 16.0 Å². The number of amides is 2. The maximum Gasteiger partial charge on any atom is 0.260 e. The molecule has 3 heterocycles. The van der Waals surface area contributed by atoms with Crippen molar-refractivity contribution in [1.29, 1.82) is 0 Å². The number of aromatic nitrogens is 2. The fourth-order valence-corrected chi connectivity index (χ4v) is 8.02. The number of carbonyl (C=O) groups is 2. The van der Waals surface area contributed by atoms with E-state index >= 15 is 0 Å². The van der Waals surface area contributed by atoms with Crippen LogP contribution in [0.4, 0.5) is 5.00 Å². The Balaban J connectivity index is 1.32. The van der Waals surface area contributed by atoms with Gasteiger partial charge in [-0.1, -0.05) is 18.7 Å². The van der Waals surface area contributed by atoms with Crippen LogP contribution >= 0.6 is 34.4 Å². The quantitative estimate of drug-likeness (QED) is 0.372. The number of nitrogens with two attached hydrogens (primary N) is 1. The van der Waals surface area contributed by atoms with Gasteiger partial charge in [0.1, 0.15) is 9.83 Å². The predicted molar refractivity (Wildman–Crippen MR) is 130 cm³/mol. The Morgan fingerprint density at radius 3 is 2.81 bits per heavy atom. The normalized spacial score (nSPS) is 17.7. The number of primary amides is 1. The molecule has 1 atom stereocenters. The molecule has 0 saturated carbocycles. The standard InChI is InChI=1S/C22H24N4O3S3/c1-10-6-7-12-14(8-10)32-20(16(12)18(23)28)24-15(27)9-30-22-25-19(29)17-11-4-2-3-5-13(11)31-21(17)26-22/h10H,2-9H2,1H3,(H2,23,28)(H,24,27)(H,25,26,29). The van der Waals surface area contributed by atoms with Gasteiger partial charge in [-0.05, 0) is 62.0 Å². The van der Waals surface area contributed by atoms with Crippen LogP contribution < -0.4 is 16.6 Å². The van der Waals surface area contributed by atoms with E-state index < -0.39 is 5.91 Å². The highest BCUT2D eigenvalue weighted by atomic mass is 32.2. The summed E-state index contributed by atoms with van der Waals surface area (Å²) >= 11 is 4.23. The number of thioether (sulfide) groups is 1. The molecule has 0 radical (unpaired) electrons. The molecule has 10 heteroatoms. The molecule has 2 aliphatic rings. The van der Waals surface area contributed by atoms with Crippen molar-refractivity contribution >= 4 is 61.5 Å². The van der Waals surface area contributed by atoms with Crippen LogP contribution in [0.3, 0.4) is 0 Å². The monoisotopic (exact) mass is 488 g/mol. The van der Waals surface area contributed by atoms with Crippen LogP contribution in [0.15, 0.2) is 9.95 Å². The van der Waals surface area contributed by atoms with Gasteiger partial charge in [-0.15, -0.1) is 22.7 Å². The van der Waals surface area contributed by atoms with Gasteiger partial charge in [0.2, 0.25) is 5.91 Å². The van der Waals surface area contributed by atoms with Crippen molar-refractivity contribution in [2.45, 2.75) is 57.0 Å². The van der Waals surface area contributed by atoms with E-state index in [0.29, 0.717) is 27.0 Å². The first-order chi connectivity index (χ1) is 15.4. The van der Waals surface area contributed by atoms with E-state index in [1.54, 1.807) is 11.3 Å². The number of anilines is 1. The lowest BCUT2D eigenvalue weighted by Gasteiger charge is -2.18. The lowest BCUT2D eigenvalue weighted by atomic mass is 9.88. The molecule has 5 rings (SSSR count). The molecule has 4 N–H and O–H groups in total. The van der Waals surface area contributed by atoms with Gasteiger partial charge >= 0.3 is 0 Å². The Morgan fingerprint density at radius 2 is 2.00 bits per heavy atom. The van der Waals surface area contributed by atoms with E-state index in [1.807, 2.05) is 0 Å². The molecule has 1 unspecified atom stereocenters. The zero-order valence-electron chi connectivity index (χ0n) is 17.7. The van der Waals surface area contributed by atoms with E-state index in [-0.39, 0.29) is 17.2 Å². The summed E-state index contributed by atoms with van der Waals surface area (Å²) in [5.41, 5.74) is 8.09. The predicted octanol–water partition coefficient (Wildman–Crippen LogP) is 3.88. The van der Waals surface area contributed by atoms with Gasteiger partial charge in [-0.25, -0.2) is 4.98 Å². The Kier molecular flexibility index (Phi) is 5.85. The summed E-state index contributed by atoms with van der Waals surface area (Å²) in [6, 6.07) is 0. The van der Waals surface area contributed by atoms with E-state index in [0.717, 1.165) is 65.8 Å². The summed E-state index contributed by atoms with van der Waals surface area (Å²) in [6.07, 6.45) is 6.92. The average Bonchev–Trinajstić information content (AvgIpc) is 3.29. The second-order valence-corrected chi connectivity index (χ2v) is 11.7. The topological polar surface area (TPSA) is 118 Å². The van der Waals surface area contributed by atoms with Crippen LogP contribution in [-0.4, -0.2) is 27.5 Å². The van der Waals surface area contributed by atoms with Gasteiger partial charge in [0, 0.05) is 9.75 Å². The summed E-state index contributed by atoms with van der Waals surface area (Å²) in [4.78, 5) is 48.0. The molecular formula is C22H24N4O3S3. The molecule has 0 bridgehead atoms. The second kappa shape index (κ2) is 8.64. The highest BCUT2D eigenvalue weighted by molar-refractivity contribution is 7.99. The maximum atomic E-state index is 12.7. The van der Waals surface area contributed by atoms with Crippen molar-refractivity contribution in [3.63, 3.8) is 0 Å². The second-order valence-electron chi connectivity index (χ2n) is 8.52. The number of fused-ring (bicyclic) bond motifs is 4. The molecule has 0 fully saturated rings. The van der Waals surface area contributed by atoms with Gasteiger partial charge in [0.15, 0.2) is 5.16 Å². The van der Waals surface area contributed by atoms with Gasteiger partial charge in [0.25, 0.3) is 11.5 Å². The molecule has 0 spiro atoms. The third-order valence-electron chi connectivity index (χ3n) is 6.15. The van der Waals surface area contributed by atoms with Crippen LogP contribution in [0.2, 0.25) is 0 Å². The minimum atomic E-state index is -0.502. The Morgan fingerprint density at radius 1 is 1.19 bits per heavy atom. The number of thiophene rings is 2. The largest absolute Gasteiger partial charge is 0.365 e. The summed E-state index contributed by atoms with van der Waals surface area (Å²) in [5, 5.41) is 4.55. The lowest BCUT2D eigenvalue weighted by molar-refractivity contribution is -0.113. The number of rotatable bonds is 5. The fraction of sp³-hybridized carbons (Fsp3) is 0.455. The summed E-state index contributed by atoms with van der Waals surface area (Å²) < 4.78 is 0. The van der Waals surface area contributed by atoms with Crippen molar-refractivity contribution in [3.8, 4) is 0 Å². The first kappa shape index (κ1) is 21.7. The number of nitrogens with zero attached hydrogens (tertiary/aromatic N) is 1. The van der Waals surface area contributed by atoms with Crippen molar-refractivity contribution in [1.82, 2.24) is 9.97 Å². The Bertz CT molecular complexity index is 1290. The van der Waals surface area contributed by atoms with Crippen LogP contribution in [0.1, 0.15) is 57.4 Å². The molecule has 32 heavy (non-hydrogen) atoms. The molecule has 2 aliphatic carbocycles. The summed E-state index contributed by atoms with van der Waals surface area (Å²) in [7, 11) is 0. The molecule has 3 aromatic heterocycles. The Hall–Kier alpha value is -2.17. The zero-order chi connectivity index (χ0) is 22.4. The van der Waals surface area contributed by atoms with Crippen molar-refractivity contribution in [3.05, 3.63) is 36.8 Å². The van der Waals surface area contributed by atoms with Crippen LogP contribution in [-0.2, 0) is 30.5 Å². The van der Waals surface area contributed by atoms with Gasteiger partial charge in [-0.3, -0.25) is 14.4 Å². The van der Waals surface area contributed by atoms with E-state index in [9.17, 15) is 14.4 Å². The summed E-state index contributed by atoms with van der Waals surface area (Å²) in [5.74, 6) is -0.117. The molecule has 3 aromatic rings. The average molecular weight is 489 g/mol. The Labute approximate surface area is 197 Å². The number of aryl methyl sites for hydroxylation is 2. The maximum absolute atomic E-state index is 12.7. The highest BCUT2D eigenvalue weighted by Gasteiger charge is 2.27. The first-order valence-electron chi connectivity index (χ1n) is 10.8. The smallest absolute Gasteiger partial charge is 0.260 e. The van der Waals surface area contributed by atoms with Crippen LogP contribution in [0, 0.1) is 5.92 Å². The molecular weight excluding hydrogens is 464 g/mol. The minimum absolute atomic E-state index is 0.0801. The van der Waals surface area contributed by atoms with Crippen molar-refractivity contribution in [2.24, 2.45) is 11.7 Å². The van der Waals surface area contributed by atoms with E-state index in [2.05, 4.69) is 22.2 Å². The third-order valence-corrected chi connectivity index (χ3v) is 9.38. The molecule has 0 saturated heterocycles. The van der Waals surface area contributed by atoms with Crippen LogP contribution in [0.25, 0.3) is 10.2 Å². The fourth-order valence-electron chi connectivity index (χ4n) is 4.61.